The van der Waals surface area contributed by atoms with Gasteiger partial charge in [0, 0.05) is 59.8 Å². The molecule has 0 atom stereocenters. The van der Waals surface area contributed by atoms with Gasteiger partial charge in [0.25, 0.3) is 0 Å². The molecule has 0 bridgehead atoms. The fourth-order valence-corrected chi connectivity index (χ4v) is 4.58. The van der Waals surface area contributed by atoms with Crippen LogP contribution in [0.25, 0.3) is 10.9 Å². The quantitative estimate of drug-likeness (QED) is 0.564. The van der Waals surface area contributed by atoms with E-state index in [-0.39, 0.29) is 17.4 Å². The van der Waals surface area contributed by atoms with E-state index in [0.717, 1.165) is 43.7 Å². The molecule has 0 aliphatic carbocycles. The van der Waals surface area contributed by atoms with Crippen molar-refractivity contribution in [3.05, 3.63) is 65.9 Å². The van der Waals surface area contributed by atoms with Crippen LogP contribution in [0.15, 0.2) is 54.6 Å². The minimum atomic E-state index is 0.0731. The summed E-state index contributed by atoms with van der Waals surface area (Å²) in [5, 5.41) is 1.18. The number of amides is 1. The SMILES string of the molecule is CCC(=O)N(c1ccc2[nH]c(C(C)(C)C)cc2c1)C1CCN(Cc2ccccc2)CC1. The second-order valence-electron chi connectivity index (χ2n) is 9.81. The van der Waals surface area contributed by atoms with Gasteiger partial charge in [-0.1, -0.05) is 58.0 Å². The van der Waals surface area contributed by atoms with E-state index in [1.165, 1.54) is 16.6 Å². The van der Waals surface area contributed by atoms with E-state index >= 15 is 0 Å². The number of piperidine rings is 1. The summed E-state index contributed by atoms with van der Waals surface area (Å²) in [7, 11) is 0. The van der Waals surface area contributed by atoms with Gasteiger partial charge in [-0.15, -0.1) is 0 Å². The molecule has 0 radical (unpaired) electrons. The zero-order valence-electron chi connectivity index (χ0n) is 19.3. The summed E-state index contributed by atoms with van der Waals surface area (Å²) >= 11 is 0. The molecule has 1 aliphatic rings. The van der Waals surface area contributed by atoms with Crippen LogP contribution in [0, 0.1) is 0 Å². The van der Waals surface area contributed by atoms with Crippen molar-refractivity contribution in [2.45, 2.75) is 65.0 Å². The normalized spacial score (nSPS) is 16.0. The van der Waals surface area contributed by atoms with E-state index in [9.17, 15) is 4.79 Å². The number of benzene rings is 2. The van der Waals surface area contributed by atoms with Crippen molar-refractivity contribution in [3.8, 4) is 0 Å². The number of aromatic nitrogens is 1. The highest BCUT2D eigenvalue weighted by Crippen LogP contribution is 2.31. The molecule has 1 N–H and O–H groups in total. The molecule has 0 spiro atoms. The Balaban J connectivity index is 1.52. The standard InChI is InChI=1S/C27H35N3O/c1-5-26(31)30(22-13-15-29(16-14-22)19-20-9-7-6-8-10-20)23-11-12-24-21(17-23)18-25(28-24)27(2,3)4/h6-12,17-18,22,28H,5,13-16,19H2,1-4H3. The first-order valence-corrected chi connectivity index (χ1v) is 11.6. The Kier molecular flexibility index (Phi) is 6.19. The zero-order valence-corrected chi connectivity index (χ0v) is 19.3. The fraction of sp³-hybridized carbons (Fsp3) is 0.444. The number of carbonyl (C=O) groups is 1. The maximum absolute atomic E-state index is 13.0. The lowest BCUT2D eigenvalue weighted by atomic mass is 9.92. The third-order valence-corrected chi connectivity index (χ3v) is 6.43. The predicted octanol–water partition coefficient (Wildman–Crippen LogP) is 5.87. The second-order valence-corrected chi connectivity index (χ2v) is 9.81. The molecule has 2 heterocycles. The van der Waals surface area contributed by atoms with E-state index < -0.39 is 0 Å². The Labute approximate surface area is 186 Å². The first-order valence-electron chi connectivity index (χ1n) is 11.6. The highest BCUT2D eigenvalue weighted by atomic mass is 16.2. The van der Waals surface area contributed by atoms with Crippen molar-refractivity contribution < 1.29 is 4.79 Å². The van der Waals surface area contributed by atoms with Crippen molar-refractivity contribution in [1.82, 2.24) is 9.88 Å². The van der Waals surface area contributed by atoms with E-state index in [1.807, 2.05) is 6.92 Å². The number of nitrogens with one attached hydrogen (secondary N) is 1. The van der Waals surface area contributed by atoms with Crippen molar-refractivity contribution in [2.24, 2.45) is 0 Å². The number of hydrogen-bond acceptors (Lipinski definition) is 2. The zero-order chi connectivity index (χ0) is 22.0. The lowest BCUT2D eigenvalue weighted by molar-refractivity contribution is -0.119. The number of H-pyrrole nitrogens is 1. The summed E-state index contributed by atoms with van der Waals surface area (Å²) in [6, 6.07) is 19.6. The number of hydrogen-bond donors (Lipinski definition) is 1. The minimum Gasteiger partial charge on any atom is -0.358 e. The maximum atomic E-state index is 13.0. The lowest BCUT2D eigenvalue weighted by Crippen LogP contribution is -2.47. The Morgan fingerprint density at radius 2 is 1.77 bits per heavy atom. The summed E-state index contributed by atoms with van der Waals surface area (Å²) in [4.78, 5) is 21.1. The number of aromatic amines is 1. The Bertz CT molecular complexity index is 1020. The van der Waals surface area contributed by atoms with Crippen molar-refractivity contribution in [1.29, 1.82) is 0 Å². The van der Waals surface area contributed by atoms with Gasteiger partial charge >= 0.3 is 0 Å². The number of nitrogens with zero attached hydrogens (tertiary/aromatic N) is 2. The van der Waals surface area contributed by atoms with Gasteiger partial charge in [-0.05, 0) is 42.7 Å². The largest absolute Gasteiger partial charge is 0.358 e. The summed E-state index contributed by atoms with van der Waals surface area (Å²) in [6.45, 7) is 11.6. The fourth-order valence-electron chi connectivity index (χ4n) is 4.58. The van der Waals surface area contributed by atoms with Crippen LogP contribution in [-0.4, -0.2) is 34.9 Å². The molecule has 31 heavy (non-hydrogen) atoms. The van der Waals surface area contributed by atoms with Crippen LogP contribution in [0.5, 0.6) is 0 Å². The molecule has 164 valence electrons. The van der Waals surface area contributed by atoms with Gasteiger partial charge in [-0.2, -0.15) is 0 Å². The predicted molar refractivity (Wildman–Crippen MR) is 130 cm³/mol. The van der Waals surface area contributed by atoms with Crippen LogP contribution >= 0.6 is 0 Å². The molecule has 1 aliphatic heterocycles. The molecule has 1 aromatic heterocycles. The van der Waals surface area contributed by atoms with E-state index in [4.69, 9.17) is 0 Å². The van der Waals surface area contributed by atoms with Crippen molar-refractivity contribution >= 4 is 22.5 Å². The second kappa shape index (κ2) is 8.88. The molecule has 4 heteroatoms. The van der Waals surface area contributed by atoms with Crippen LogP contribution < -0.4 is 4.90 Å². The number of rotatable bonds is 5. The average Bonchev–Trinajstić information content (AvgIpc) is 3.20. The number of likely N-dealkylation sites (tertiary alicyclic amines) is 1. The minimum absolute atomic E-state index is 0.0731. The molecule has 0 unspecified atom stereocenters. The van der Waals surface area contributed by atoms with Crippen LogP contribution in [0.2, 0.25) is 0 Å². The van der Waals surface area contributed by atoms with Gasteiger partial charge in [0.15, 0.2) is 0 Å². The lowest BCUT2D eigenvalue weighted by Gasteiger charge is -2.38. The van der Waals surface area contributed by atoms with Crippen LogP contribution in [0.3, 0.4) is 0 Å². The molecule has 1 fully saturated rings. The summed E-state index contributed by atoms with van der Waals surface area (Å²) in [5.41, 5.74) is 4.82. The Hall–Kier alpha value is -2.59. The maximum Gasteiger partial charge on any atom is 0.226 e. The highest BCUT2D eigenvalue weighted by molar-refractivity contribution is 5.96. The van der Waals surface area contributed by atoms with Crippen molar-refractivity contribution in [2.75, 3.05) is 18.0 Å². The van der Waals surface area contributed by atoms with Gasteiger partial charge in [-0.25, -0.2) is 0 Å². The summed E-state index contributed by atoms with van der Waals surface area (Å²) in [6.07, 6.45) is 2.55. The molecule has 4 nitrogen and oxygen atoms in total. The summed E-state index contributed by atoms with van der Waals surface area (Å²) in [5.74, 6) is 0.215. The first kappa shape index (κ1) is 21.6. The molecule has 1 amide bonds. The van der Waals surface area contributed by atoms with E-state index in [2.05, 4.69) is 90.2 Å². The smallest absolute Gasteiger partial charge is 0.226 e. The van der Waals surface area contributed by atoms with Gasteiger partial charge in [0.2, 0.25) is 5.91 Å². The number of fused-ring (bicyclic) bond motifs is 1. The summed E-state index contributed by atoms with van der Waals surface area (Å²) < 4.78 is 0. The molecular weight excluding hydrogens is 382 g/mol. The Morgan fingerprint density at radius 3 is 2.42 bits per heavy atom. The van der Waals surface area contributed by atoms with E-state index in [0.29, 0.717) is 6.42 Å². The topological polar surface area (TPSA) is 39.3 Å². The number of anilines is 1. The monoisotopic (exact) mass is 417 g/mol. The number of carbonyl (C=O) groups excluding carboxylic acids is 1. The van der Waals surface area contributed by atoms with Gasteiger partial charge in [-0.3, -0.25) is 9.69 Å². The third-order valence-electron chi connectivity index (χ3n) is 6.43. The highest BCUT2D eigenvalue weighted by Gasteiger charge is 2.29. The van der Waals surface area contributed by atoms with Gasteiger partial charge in [0.05, 0.1) is 0 Å². The van der Waals surface area contributed by atoms with Crippen LogP contribution in [-0.2, 0) is 16.8 Å². The Morgan fingerprint density at radius 1 is 1.06 bits per heavy atom. The third kappa shape index (κ3) is 4.85. The van der Waals surface area contributed by atoms with Crippen molar-refractivity contribution in [3.63, 3.8) is 0 Å². The molecule has 1 saturated heterocycles. The molecule has 4 rings (SSSR count). The average molecular weight is 418 g/mol. The molecule has 0 saturated carbocycles. The van der Waals surface area contributed by atoms with Crippen LogP contribution in [0.1, 0.15) is 58.2 Å². The van der Waals surface area contributed by atoms with Gasteiger partial charge < -0.3 is 9.88 Å². The van der Waals surface area contributed by atoms with Gasteiger partial charge in [0.1, 0.15) is 0 Å². The molecular formula is C27H35N3O. The first-order chi connectivity index (χ1) is 14.8. The van der Waals surface area contributed by atoms with Crippen LogP contribution in [0.4, 0.5) is 5.69 Å². The molecule has 2 aromatic carbocycles. The van der Waals surface area contributed by atoms with E-state index in [1.54, 1.807) is 0 Å². The molecule has 3 aromatic rings.